The summed E-state index contributed by atoms with van der Waals surface area (Å²) in [6.45, 7) is 6.79. The lowest BCUT2D eigenvalue weighted by Gasteiger charge is -2.32. The van der Waals surface area contributed by atoms with Gasteiger partial charge in [-0.05, 0) is 37.0 Å². The van der Waals surface area contributed by atoms with E-state index in [-0.39, 0.29) is 17.4 Å². The normalized spacial score (nSPS) is 33.3. The molecule has 2 nitrogen and oxygen atoms in total. The number of hydrogen-bond donors (Lipinski definition) is 1. The largest absolute Gasteiger partial charge is 0.393 e. The fraction of sp³-hybridized carbons (Fsp3) is 0.929. The van der Waals surface area contributed by atoms with Crippen molar-refractivity contribution in [1.29, 1.82) is 5.26 Å². The smallest absolute Gasteiger partial charge is 0.0656 e. The third-order valence-electron chi connectivity index (χ3n) is 3.87. The summed E-state index contributed by atoms with van der Waals surface area (Å²) in [6.07, 6.45) is 5.73. The van der Waals surface area contributed by atoms with Gasteiger partial charge in [0.2, 0.25) is 0 Å². The standard InChI is InChI=1S/C14H25NO/c1-14(2,3)12-6-4-5-7-13(16)9-11(8-12)10-15/h11-13,16H,4-9H2,1-3H3. The molecular weight excluding hydrogens is 198 g/mol. The van der Waals surface area contributed by atoms with Crippen molar-refractivity contribution in [3.05, 3.63) is 0 Å². The van der Waals surface area contributed by atoms with E-state index in [4.69, 9.17) is 5.26 Å². The van der Waals surface area contributed by atoms with Gasteiger partial charge >= 0.3 is 0 Å². The molecule has 1 rings (SSSR count). The van der Waals surface area contributed by atoms with Gasteiger partial charge in [-0.2, -0.15) is 5.26 Å². The van der Waals surface area contributed by atoms with Gasteiger partial charge < -0.3 is 5.11 Å². The molecule has 0 aromatic carbocycles. The molecule has 0 aromatic heterocycles. The molecule has 16 heavy (non-hydrogen) atoms. The summed E-state index contributed by atoms with van der Waals surface area (Å²) in [5, 5.41) is 18.9. The van der Waals surface area contributed by atoms with Crippen molar-refractivity contribution in [1.82, 2.24) is 0 Å². The lowest BCUT2D eigenvalue weighted by molar-refractivity contribution is 0.133. The monoisotopic (exact) mass is 223 g/mol. The van der Waals surface area contributed by atoms with Crippen LogP contribution in [0.1, 0.15) is 59.3 Å². The molecule has 1 saturated carbocycles. The second-order valence-corrected chi connectivity index (χ2v) is 6.30. The van der Waals surface area contributed by atoms with E-state index >= 15 is 0 Å². The topological polar surface area (TPSA) is 44.0 Å². The van der Waals surface area contributed by atoms with Crippen molar-refractivity contribution < 1.29 is 5.11 Å². The molecule has 0 amide bonds. The summed E-state index contributed by atoms with van der Waals surface area (Å²) in [5.41, 5.74) is 0.282. The van der Waals surface area contributed by atoms with E-state index in [0.717, 1.165) is 19.3 Å². The third kappa shape index (κ3) is 4.14. The summed E-state index contributed by atoms with van der Waals surface area (Å²) in [5.74, 6) is 0.653. The van der Waals surface area contributed by atoms with Crippen LogP contribution >= 0.6 is 0 Å². The minimum Gasteiger partial charge on any atom is -0.393 e. The number of nitrogens with zero attached hydrogens (tertiary/aromatic N) is 1. The number of aliphatic hydroxyl groups excluding tert-OH is 1. The summed E-state index contributed by atoms with van der Waals surface area (Å²) < 4.78 is 0. The zero-order valence-corrected chi connectivity index (χ0v) is 10.9. The Hall–Kier alpha value is -0.550. The second kappa shape index (κ2) is 5.68. The van der Waals surface area contributed by atoms with Gasteiger partial charge in [-0.3, -0.25) is 0 Å². The zero-order valence-electron chi connectivity index (χ0n) is 10.9. The third-order valence-corrected chi connectivity index (χ3v) is 3.87. The van der Waals surface area contributed by atoms with Crippen LogP contribution in [0.2, 0.25) is 0 Å². The Morgan fingerprint density at radius 1 is 1.12 bits per heavy atom. The van der Waals surface area contributed by atoms with Crippen LogP contribution in [0.25, 0.3) is 0 Å². The number of aliphatic hydroxyl groups is 1. The first-order valence-electron chi connectivity index (χ1n) is 6.51. The maximum absolute atomic E-state index is 9.78. The van der Waals surface area contributed by atoms with E-state index in [0.29, 0.717) is 12.3 Å². The average molecular weight is 223 g/mol. The summed E-state index contributed by atoms with van der Waals surface area (Å²) in [7, 11) is 0. The summed E-state index contributed by atoms with van der Waals surface area (Å²) in [4.78, 5) is 0. The molecule has 1 aliphatic rings. The van der Waals surface area contributed by atoms with Crippen molar-refractivity contribution >= 4 is 0 Å². The van der Waals surface area contributed by atoms with Crippen LogP contribution in [0.4, 0.5) is 0 Å². The first kappa shape index (κ1) is 13.5. The van der Waals surface area contributed by atoms with Crippen LogP contribution in [-0.2, 0) is 0 Å². The average Bonchev–Trinajstić information content (AvgIpc) is 2.27. The van der Waals surface area contributed by atoms with Crippen molar-refractivity contribution in [2.24, 2.45) is 17.3 Å². The van der Waals surface area contributed by atoms with Crippen LogP contribution < -0.4 is 0 Å². The maximum atomic E-state index is 9.78. The Morgan fingerprint density at radius 2 is 1.75 bits per heavy atom. The highest BCUT2D eigenvalue weighted by Crippen LogP contribution is 2.37. The van der Waals surface area contributed by atoms with Gasteiger partial charge in [0, 0.05) is 5.92 Å². The van der Waals surface area contributed by atoms with Gasteiger partial charge in [-0.1, -0.05) is 33.6 Å². The Kier molecular flexibility index (Phi) is 4.80. The molecule has 3 unspecified atom stereocenters. The van der Waals surface area contributed by atoms with Crippen LogP contribution in [0, 0.1) is 28.6 Å². The SMILES string of the molecule is CC(C)(C)C1CCCCC(O)CC(C#N)C1. The molecule has 0 radical (unpaired) electrons. The lowest BCUT2D eigenvalue weighted by atomic mass is 9.73. The van der Waals surface area contributed by atoms with Gasteiger partial charge in [0.1, 0.15) is 0 Å². The number of rotatable bonds is 0. The molecule has 1 fully saturated rings. The van der Waals surface area contributed by atoms with E-state index in [2.05, 4.69) is 26.8 Å². The second-order valence-electron chi connectivity index (χ2n) is 6.30. The summed E-state index contributed by atoms with van der Waals surface area (Å²) >= 11 is 0. The van der Waals surface area contributed by atoms with Crippen LogP contribution in [0.5, 0.6) is 0 Å². The first-order chi connectivity index (χ1) is 7.43. The van der Waals surface area contributed by atoms with Crippen LogP contribution in [-0.4, -0.2) is 11.2 Å². The van der Waals surface area contributed by atoms with E-state index in [1.807, 2.05) is 0 Å². The first-order valence-corrected chi connectivity index (χ1v) is 6.51. The molecule has 0 aromatic rings. The molecule has 92 valence electrons. The van der Waals surface area contributed by atoms with Crippen molar-refractivity contribution in [2.75, 3.05) is 0 Å². The van der Waals surface area contributed by atoms with E-state index in [9.17, 15) is 5.11 Å². The number of hydrogen-bond acceptors (Lipinski definition) is 2. The van der Waals surface area contributed by atoms with Crippen molar-refractivity contribution in [2.45, 2.75) is 65.4 Å². The van der Waals surface area contributed by atoms with Gasteiger partial charge in [0.05, 0.1) is 12.2 Å². The molecule has 0 aliphatic heterocycles. The highest BCUT2D eigenvalue weighted by molar-refractivity contribution is 4.89. The Labute approximate surface area is 99.7 Å². The maximum Gasteiger partial charge on any atom is 0.0656 e. The molecule has 0 spiro atoms. The fourth-order valence-corrected chi connectivity index (χ4v) is 2.67. The molecule has 2 heteroatoms. The molecule has 0 saturated heterocycles. The predicted molar refractivity (Wildman–Crippen MR) is 65.8 cm³/mol. The van der Waals surface area contributed by atoms with Gasteiger partial charge in [-0.25, -0.2) is 0 Å². The minimum absolute atomic E-state index is 0.0392. The lowest BCUT2D eigenvalue weighted by Crippen LogP contribution is -2.23. The molecule has 1 N–H and O–H groups in total. The van der Waals surface area contributed by atoms with E-state index in [1.54, 1.807) is 0 Å². The number of nitriles is 1. The Balaban J connectivity index is 2.69. The summed E-state index contributed by atoms with van der Waals surface area (Å²) in [6, 6.07) is 2.37. The van der Waals surface area contributed by atoms with E-state index < -0.39 is 0 Å². The van der Waals surface area contributed by atoms with Crippen molar-refractivity contribution in [3.8, 4) is 6.07 Å². The molecule has 0 bridgehead atoms. The Bertz CT molecular complexity index is 248. The molecule has 1 aliphatic carbocycles. The molecule has 3 atom stereocenters. The predicted octanol–water partition coefficient (Wildman–Crippen LogP) is 3.50. The van der Waals surface area contributed by atoms with Crippen molar-refractivity contribution in [3.63, 3.8) is 0 Å². The highest BCUT2D eigenvalue weighted by atomic mass is 16.3. The van der Waals surface area contributed by atoms with Gasteiger partial charge in [0.15, 0.2) is 0 Å². The van der Waals surface area contributed by atoms with Gasteiger partial charge in [0.25, 0.3) is 0 Å². The zero-order chi connectivity index (χ0) is 12.2. The molecular formula is C14H25NO. The Morgan fingerprint density at radius 3 is 2.31 bits per heavy atom. The quantitative estimate of drug-likeness (QED) is 0.683. The minimum atomic E-state index is -0.261. The van der Waals surface area contributed by atoms with Crippen LogP contribution in [0.15, 0.2) is 0 Å². The van der Waals surface area contributed by atoms with Crippen LogP contribution in [0.3, 0.4) is 0 Å². The molecule has 0 heterocycles. The fourth-order valence-electron chi connectivity index (χ4n) is 2.67. The highest BCUT2D eigenvalue weighted by Gasteiger charge is 2.29. The van der Waals surface area contributed by atoms with Gasteiger partial charge in [-0.15, -0.1) is 0 Å². The van der Waals surface area contributed by atoms with E-state index in [1.165, 1.54) is 12.8 Å².